The molecular weight excluding hydrogens is 244 g/mol. The zero-order valence-electron chi connectivity index (χ0n) is 10.7. The van der Waals surface area contributed by atoms with Crippen LogP contribution in [-0.4, -0.2) is 11.0 Å². The summed E-state index contributed by atoms with van der Waals surface area (Å²) in [6.45, 7) is 4.07. The molecule has 0 bridgehead atoms. The van der Waals surface area contributed by atoms with E-state index in [2.05, 4.69) is 18.0 Å². The molecule has 0 amide bonds. The molecule has 0 aliphatic carbocycles. The Morgan fingerprint density at radius 2 is 2.28 bits per heavy atom. The van der Waals surface area contributed by atoms with Crippen LogP contribution in [0.2, 0.25) is 0 Å². The standard InChI is InChI=1S/C14H18N2OS/c1-3-12(15)9-11-5-4-7-16-14(11)18-13-6-8-17-10(13)2/h4-8,12H,3,9,15H2,1-2H3. The van der Waals surface area contributed by atoms with E-state index in [4.69, 9.17) is 10.2 Å². The predicted octanol–water partition coefficient (Wildman–Crippen LogP) is 3.41. The highest BCUT2D eigenvalue weighted by molar-refractivity contribution is 7.99. The number of hydrogen-bond donors (Lipinski definition) is 1. The molecule has 0 spiro atoms. The number of hydrogen-bond acceptors (Lipinski definition) is 4. The van der Waals surface area contributed by atoms with Gasteiger partial charge in [0.2, 0.25) is 0 Å². The summed E-state index contributed by atoms with van der Waals surface area (Å²) in [5, 5.41) is 1.02. The fourth-order valence-corrected chi connectivity index (χ4v) is 2.60. The summed E-state index contributed by atoms with van der Waals surface area (Å²) in [6.07, 6.45) is 5.37. The van der Waals surface area contributed by atoms with Crippen LogP contribution in [-0.2, 0) is 6.42 Å². The number of aryl methyl sites for hydroxylation is 1. The van der Waals surface area contributed by atoms with E-state index in [-0.39, 0.29) is 6.04 Å². The van der Waals surface area contributed by atoms with Gasteiger partial charge < -0.3 is 10.2 Å². The van der Waals surface area contributed by atoms with Crippen molar-refractivity contribution in [2.24, 2.45) is 5.73 Å². The Labute approximate surface area is 112 Å². The van der Waals surface area contributed by atoms with Gasteiger partial charge in [0.25, 0.3) is 0 Å². The van der Waals surface area contributed by atoms with Gasteiger partial charge in [-0.05, 0) is 37.5 Å². The van der Waals surface area contributed by atoms with E-state index in [1.54, 1.807) is 18.0 Å². The molecule has 2 rings (SSSR count). The summed E-state index contributed by atoms with van der Waals surface area (Å²) in [5.74, 6) is 0.927. The van der Waals surface area contributed by atoms with Crippen molar-refractivity contribution in [3.63, 3.8) is 0 Å². The molecule has 1 atom stereocenters. The van der Waals surface area contributed by atoms with Crippen molar-refractivity contribution < 1.29 is 4.42 Å². The third-order valence-corrected chi connectivity index (χ3v) is 4.08. The summed E-state index contributed by atoms with van der Waals surface area (Å²) < 4.78 is 5.31. The third kappa shape index (κ3) is 3.15. The minimum absolute atomic E-state index is 0.194. The zero-order chi connectivity index (χ0) is 13.0. The lowest BCUT2D eigenvalue weighted by Gasteiger charge is -2.11. The first kappa shape index (κ1) is 13.2. The van der Waals surface area contributed by atoms with E-state index < -0.39 is 0 Å². The van der Waals surface area contributed by atoms with E-state index in [0.717, 1.165) is 28.5 Å². The number of aromatic nitrogens is 1. The fourth-order valence-electron chi connectivity index (χ4n) is 1.68. The lowest BCUT2D eigenvalue weighted by atomic mass is 10.1. The summed E-state index contributed by atoms with van der Waals surface area (Å²) in [4.78, 5) is 5.56. The van der Waals surface area contributed by atoms with E-state index in [1.807, 2.05) is 25.3 Å². The molecule has 18 heavy (non-hydrogen) atoms. The molecule has 0 aliphatic rings. The van der Waals surface area contributed by atoms with Crippen molar-refractivity contribution in [1.29, 1.82) is 0 Å². The lowest BCUT2D eigenvalue weighted by Crippen LogP contribution is -2.21. The second-order valence-electron chi connectivity index (χ2n) is 4.28. The first-order chi connectivity index (χ1) is 8.70. The van der Waals surface area contributed by atoms with E-state index in [9.17, 15) is 0 Å². The predicted molar refractivity (Wildman–Crippen MR) is 73.8 cm³/mol. The van der Waals surface area contributed by atoms with Gasteiger partial charge in [-0.25, -0.2) is 4.98 Å². The topological polar surface area (TPSA) is 52.0 Å². The molecule has 0 fully saturated rings. The highest BCUT2D eigenvalue weighted by atomic mass is 32.2. The normalized spacial score (nSPS) is 12.6. The number of rotatable bonds is 5. The molecule has 0 radical (unpaired) electrons. The second-order valence-corrected chi connectivity index (χ2v) is 5.31. The van der Waals surface area contributed by atoms with Crippen LogP contribution < -0.4 is 5.73 Å². The van der Waals surface area contributed by atoms with Crippen molar-refractivity contribution in [2.75, 3.05) is 0 Å². The van der Waals surface area contributed by atoms with Crippen molar-refractivity contribution in [3.05, 3.63) is 42.0 Å². The largest absolute Gasteiger partial charge is 0.468 e. The Morgan fingerprint density at radius 1 is 1.44 bits per heavy atom. The second kappa shape index (κ2) is 6.07. The summed E-state index contributed by atoms with van der Waals surface area (Å²) in [7, 11) is 0. The molecule has 0 saturated carbocycles. The van der Waals surface area contributed by atoms with Crippen LogP contribution in [0.3, 0.4) is 0 Å². The van der Waals surface area contributed by atoms with Crippen molar-refractivity contribution in [1.82, 2.24) is 4.98 Å². The maximum atomic E-state index is 6.02. The molecular formula is C14H18N2OS. The van der Waals surface area contributed by atoms with Crippen LogP contribution in [0.1, 0.15) is 24.7 Å². The molecule has 0 saturated heterocycles. The first-order valence-electron chi connectivity index (χ1n) is 6.12. The summed E-state index contributed by atoms with van der Waals surface area (Å²) >= 11 is 1.64. The minimum atomic E-state index is 0.194. The van der Waals surface area contributed by atoms with Gasteiger partial charge in [0.1, 0.15) is 10.8 Å². The Morgan fingerprint density at radius 3 is 2.94 bits per heavy atom. The Balaban J connectivity index is 2.20. The lowest BCUT2D eigenvalue weighted by molar-refractivity contribution is 0.527. The molecule has 1 unspecified atom stereocenters. The summed E-state index contributed by atoms with van der Waals surface area (Å²) in [5.41, 5.74) is 7.23. The van der Waals surface area contributed by atoms with Gasteiger partial charge in [-0.15, -0.1) is 0 Å². The van der Waals surface area contributed by atoms with Crippen LogP contribution in [0, 0.1) is 6.92 Å². The molecule has 3 nitrogen and oxygen atoms in total. The first-order valence-corrected chi connectivity index (χ1v) is 6.93. The van der Waals surface area contributed by atoms with Gasteiger partial charge >= 0.3 is 0 Å². The molecule has 2 aromatic heterocycles. The van der Waals surface area contributed by atoms with Crippen molar-refractivity contribution in [2.45, 2.75) is 42.7 Å². The fraction of sp³-hybridized carbons (Fsp3) is 0.357. The Bertz CT molecular complexity index is 510. The highest BCUT2D eigenvalue weighted by Gasteiger charge is 2.11. The van der Waals surface area contributed by atoms with Gasteiger partial charge in [-0.3, -0.25) is 0 Å². The SMILES string of the molecule is CCC(N)Cc1cccnc1Sc1ccoc1C. The average molecular weight is 262 g/mol. The third-order valence-electron chi connectivity index (χ3n) is 2.87. The Kier molecular flexibility index (Phi) is 4.44. The van der Waals surface area contributed by atoms with Crippen LogP contribution in [0.15, 0.2) is 45.0 Å². The maximum absolute atomic E-state index is 6.02. The van der Waals surface area contributed by atoms with Crippen LogP contribution in [0.25, 0.3) is 0 Å². The number of furan rings is 1. The van der Waals surface area contributed by atoms with Gasteiger partial charge in [0.15, 0.2) is 0 Å². The van der Waals surface area contributed by atoms with Gasteiger partial charge in [-0.2, -0.15) is 0 Å². The molecule has 0 aromatic carbocycles. The number of pyridine rings is 1. The molecule has 2 heterocycles. The van der Waals surface area contributed by atoms with Gasteiger partial charge in [-0.1, -0.05) is 24.8 Å². The summed E-state index contributed by atoms with van der Waals surface area (Å²) in [6, 6.07) is 6.22. The molecule has 2 aromatic rings. The van der Waals surface area contributed by atoms with Gasteiger partial charge in [0.05, 0.1) is 11.2 Å². The van der Waals surface area contributed by atoms with E-state index in [0.29, 0.717) is 0 Å². The van der Waals surface area contributed by atoms with E-state index in [1.165, 1.54) is 5.56 Å². The minimum Gasteiger partial charge on any atom is -0.468 e. The number of nitrogens with zero attached hydrogens (tertiary/aromatic N) is 1. The molecule has 2 N–H and O–H groups in total. The quantitative estimate of drug-likeness (QED) is 0.897. The smallest absolute Gasteiger partial charge is 0.114 e. The monoisotopic (exact) mass is 262 g/mol. The van der Waals surface area contributed by atoms with E-state index >= 15 is 0 Å². The molecule has 96 valence electrons. The van der Waals surface area contributed by atoms with Gasteiger partial charge in [0, 0.05) is 12.2 Å². The molecule has 0 aliphatic heterocycles. The maximum Gasteiger partial charge on any atom is 0.114 e. The number of nitrogens with two attached hydrogens (primary N) is 1. The van der Waals surface area contributed by atoms with Crippen LogP contribution in [0.4, 0.5) is 0 Å². The Hall–Kier alpha value is -1.26. The zero-order valence-corrected chi connectivity index (χ0v) is 11.5. The van der Waals surface area contributed by atoms with Crippen molar-refractivity contribution >= 4 is 11.8 Å². The van der Waals surface area contributed by atoms with Crippen LogP contribution >= 0.6 is 11.8 Å². The highest BCUT2D eigenvalue weighted by Crippen LogP contribution is 2.32. The van der Waals surface area contributed by atoms with Crippen molar-refractivity contribution in [3.8, 4) is 0 Å². The van der Waals surface area contributed by atoms with Crippen LogP contribution in [0.5, 0.6) is 0 Å². The average Bonchev–Trinajstić information content (AvgIpc) is 2.77. The molecule has 4 heteroatoms.